The summed E-state index contributed by atoms with van der Waals surface area (Å²) < 4.78 is 52.1. The molecule has 2 amide bonds. The number of halogens is 5. The van der Waals surface area contributed by atoms with E-state index in [9.17, 15) is 37.1 Å². The predicted octanol–water partition coefficient (Wildman–Crippen LogP) is 4.78. The fraction of sp³-hybridized carbons (Fsp3) is 0.462. The van der Waals surface area contributed by atoms with Crippen molar-refractivity contribution in [1.82, 2.24) is 14.8 Å². The number of hydrogen-bond acceptors (Lipinski definition) is 6. The molecule has 10 nitrogen and oxygen atoms in total. The lowest BCUT2D eigenvalue weighted by Crippen LogP contribution is -2.44. The minimum absolute atomic E-state index is 0.0498. The molecule has 226 valence electrons. The Bertz CT molecular complexity index is 1390. The van der Waals surface area contributed by atoms with Gasteiger partial charge in [0.1, 0.15) is 11.4 Å². The summed E-state index contributed by atoms with van der Waals surface area (Å²) in [6.45, 7) is 9.46. The number of fused-ring (bicyclic) bond motifs is 1. The molecule has 0 fully saturated rings. The normalized spacial score (nSPS) is 13.3. The fourth-order valence-electron chi connectivity index (χ4n) is 3.98. The van der Waals surface area contributed by atoms with Gasteiger partial charge >= 0.3 is 18.2 Å². The monoisotopic (exact) mass is 607 g/mol. The molecule has 0 spiro atoms. The second-order valence-corrected chi connectivity index (χ2v) is 10.7. The summed E-state index contributed by atoms with van der Waals surface area (Å²) >= 11 is 5.85. The van der Waals surface area contributed by atoms with Crippen LogP contribution < -0.4 is 10.7 Å². The Hall–Kier alpha value is -3.81. The molecule has 15 heteroatoms. The number of aliphatic carboxylic acids is 1. The van der Waals surface area contributed by atoms with Gasteiger partial charge in [-0.15, -0.1) is 0 Å². The maximum atomic E-state index is 13.5. The van der Waals surface area contributed by atoms with E-state index in [1.165, 1.54) is 23.1 Å². The third-order valence-electron chi connectivity index (χ3n) is 5.65. The van der Waals surface area contributed by atoms with E-state index < -0.39 is 46.7 Å². The van der Waals surface area contributed by atoms with Crippen LogP contribution in [0.2, 0.25) is 5.02 Å². The topological polar surface area (TPSA) is 138 Å². The minimum atomic E-state index is -5.08. The number of amides is 2. The number of alkyl halides is 3. The van der Waals surface area contributed by atoms with Crippen molar-refractivity contribution < 1.29 is 46.9 Å². The van der Waals surface area contributed by atoms with Crippen LogP contribution in [0.3, 0.4) is 0 Å². The number of rotatable bonds is 5. The van der Waals surface area contributed by atoms with Crippen LogP contribution in [0.1, 0.15) is 67.8 Å². The quantitative estimate of drug-likeness (QED) is 0.416. The number of carbonyl (C=O) groups is 3. The standard InChI is InChI=1S/C24H29ClFN3O5.C2HF3O2/c1-13(2)18-17(11-27-23(33)34-24(3,4)5)29-9-8-28(22(32)19(29)21(31)20(18)30)12-14-6-7-16(26)15(25)10-14;3-2(4,5)1(6)7/h6-7,10,13,31H,8-9,11-12H2,1-5H3,(H,27,33);(H,6,7). The average molecular weight is 608 g/mol. The van der Waals surface area contributed by atoms with Crippen LogP contribution in [0.25, 0.3) is 0 Å². The number of carboxylic acid groups (broad SMARTS) is 1. The second kappa shape index (κ2) is 12.8. The molecule has 41 heavy (non-hydrogen) atoms. The summed E-state index contributed by atoms with van der Waals surface area (Å²) in [5.41, 5.74) is -0.117. The summed E-state index contributed by atoms with van der Waals surface area (Å²) in [7, 11) is 0. The van der Waals surface area contributed by atoms with Crippen molar-refractivity contribution in [2.45, 2.75) is 71.9 Å². The molecule has 2 aromatic rings. The minimum Gasteiger partial charge on any atom is -0.503 e. The average Bonchev–Trinajstić information content (AvgIpc) is 2.82. The SMILES string of the molecule is CC(C)c1c(CNC(=O)OC(C)(C)C)n2c(c(O)c1=O)C(=O)N(Cc1ccc(F)c(Cl)c1)CC2.O=C(O)C(F)(F)F. The van der Waals surface area contributed by atoms with Crippen molar-refractivity contribution in [3.8, 4) is 5.75 Å². The van der Waals surface area contributed by atoms with Crippen molar-refractivity contribution in [3.05, 3.63) is 61.8 Å². The molecule has 0 radical (unpaired) electrons. The van der Waals surface area contributed by atoms with Gasteiger partial charge in [-0.25, -0.2) is 14.0 Å². The first kappa shape index (κ1) is 33.4. The number of carbonyl (C=O) groups excluding carboxylic acids is 2. The maximum absolute atomic E-state index is 13.5. The Kier molecular flexibility index (Phi) is 10.4. The van der Waals surface area contributed by atoms with Gasteiger partial charge in [0.15, 0.2) is 11.4 Å². The van der Waals surface area contributed by atoms with Crippen molar-refractivity contribution in [2.75, 3.05) is 6.54 Å². The number of carboxylic acids is 1. The van der Waals surface area contributed by atoms with Gasteiger partial charge in [-0.2, -0.15) is 13.2 Å². The number of aromatic nitrogens is 1. The van der Waals surface area contributed by atoms with E-state index >= 15 is 0 Å². The zero-order valence-corrected chi connectivity index (χ0v) is 23.6. The van der Waals surface area contributed by atoms with E-state index in [1.807, 2.05) is 0 Å². The lowest BCUT2D eigenvalue weighted by Gasteiger charge is -2.33. The molecule has 0 saturated carbocycles. The number of alkyl carbamates (subject to hydrolysis) is 1. The molecule has 1 aromatic carbocycles. The maximum Gasteiger partial charge on any atom is 0.490 e. The molecule has 3 N–H and O–H groups in total. The molecule has 0 unspecified atom stereocenters. The zero-order valence-electron chi connectivity index (χ0n) is 22.9. The Balaban J connectivity index is 0.000000745. The van der Waals surface area contributed by atoms with E-state index in [2.05, 4.69) is 5.32 Å². The first-order chi connectivity index (χ1) is 18.7. The molecule has 3 rings (SSSR count). The smallest absolute Gasteiger partial charge is 0.490 e. The zero-order chi connectivity index (χ0) is 31.4. The lowest BCUT2D eigenvalue weighted by molar-refractivity contribution is -0.192. The largest absolute Gasteiger partial charge is 0.503 e. The Labute approximate surface area is 237 Å². The van der Waals surface area contributed by atoms with Gasteiger partial charge in [-0.3, -0.25) is 9.59 Å². The van der Waals surface area contributed by atoms with E-state index in [1.54, 1.807) is 39.2 Å². The number of nitrogens with one attached hydrogen (secondary N) is 1. The summed E-state index contributed by atoms with van der Waals surface area (Å²) in [4.78, 5) is 48.9. The molecular weight excluding hydrogens is 578 g/mol. The van der Waals surface area contributed by atoms with Crippen LogP contribution in [-0.4, -0.2) is 56.0 Å². The highest BCUT2D eigenvalue weighted by molar-refractivity contribution is 6.30. The van der Waals surface area contributed by atoms with Gasteiger partial charge in [0.05, 0.1) is 11.6 Å². The van der Waals surface area contributed by atoms with Gasteiger partial charge in [0.25, 0.3) is 5.91 Å². The second-order valence-electron chi connectivity index (χ2n) is 10.3. The van der Waals surface area contributed by atoms with Gasteiger partial charge in [0, 0.05) is 30.9 Å². The summed E-state index contributed by atoms with van der Waals surface area (Å²) in [6.07, 6.45) is -5.74. The molecule has 0 bridgehead atoms. The van der Waals surface area contributed by atoms with Crippen molar-refractivity contribution >= 4 is 29.6 Å². The molecule has 1 aliphatic heterocycles. The van der Waals surface area contributed by atoms with Crippen LogP contribution in [0.15, 0.2) is 23.0 Å². The number of benzene rings is 1. The molecule has 0 aliphatic carbocycles. The summed E-state index contributed by atoms with van der Waals surface area (Å²) in [5.74, 6) is -4.76. The van der Waals surface area contributed by atoms with E-state index in [0.29, 0.717) is 16.8 Å². The van der Waals surface area contributed by atoms with Crippen LogP contribution in [-0.2, 0) is 29.2 Å². The number of hydrogen-bond donors (Lipinski definition) is 3. The summed E-state index contributed by atoms with van der Waals surface area (Å²) in [6, 6.07) is 4.18. The first-order valence-corrected chi connectivity index (χ1v) is 12.6. The van der Waals surface area contributed by atoms with Crippen molar-refractivity contribution in [2.24, 2.45) is 0 Å². The van der Waals surface area contributed by atoms with Crippen molar-refractivity contribution in [1.29, 1.82) is 0 Å². The Morgan fingerprint density at radius 2 is 1.73 bits per heavy atom. The molecule has 0 atom stereocenters. The first-order valence-electron chi connectivity index (χ1n) is 12.2. The fourth-order valence-corrected chi connectivity index (χ4v) is 4.18. The number of aromatic hydroxyl groups is 1. The predicted molar refractivity (Wildman–Crippen MR) is 139 cm³/mol. The van der Waals surface area contributed by atoms with Gasteiger partial charge < -0.3 is 29.7 Å². The molecule has 0 saturated heterocycles. The number of nitrogens with zero attached hydrogens (tertiary/aromatic N) is 2. The van der Waals surface area contributed by atoms with Gasteiger partial charge in [-0.1, -0.05) is 31.5 Å². The third-order valence-corrected chi connectivity index (χ3v) is 5.94. The van der Waals surface area contributed by atoms with E-state index in [-0.39, 0.29) is 42.8 Å². The number of ether oxygens (including phenoxy) is 1. The van der Waals surface area contributed by atoms with Crippen LogP contribution in [0.4, 0.5) is 22.4 Å². The molecule has 1 aliphatic rings. The Morgan fingerprint density at radius 3 is 2.22 bits per heavy atom. The number of pyridine rings is 1. The summed E-state index contributed by atoms with van der Waals surface area (Å²) in [5, 5.41) is 20.4. The van der Waals surface area contributed by atoms with Crippen LogP contribution in [0, 0.1) is 5.82 Å². The van der Waals surface area contributed by atoms with Crippen LogP contribution in [0.5, 0.6) is 5.75 Å². The highest BCUT2D eigenvalue weighted by Crippen LogP contribution is 2.28. The Morgan fingerprint density at radius 1 is 1.15 bits per heavy atom. The highest BCUT2D eigenvalue weighted by Gasteiger charge is 2.38. The van der Waals surface area contributed by atoms with Crippen molar-refractivity contribution in [3.63, 3.8) is 0 Å². The molecule has 1 aromatic heterocycles. The molecule has 2 heterocycles. The van der Waals surface area contributed by atoms with Gasteiger partial charge in [0.2, 0.25) is 5.43 Å². The lowest BCUT2D eigenvalue weighted by atomic mass is 9.97. The van der Waals surface area contributed by atoms with E-state index in [0.717, 1.165) is 0 Å². The van der Waals surface area contributed by atoms with Gasteiger partial charge in [-0.05, 0) is 44.4 Å². The van der Waals surface area contributed by atoms with E-state index in [4.69, 9.17) is 26.2 Å². The van der Waals surface area contributed by atoms with Crippen LogP contribution >= 0.6 is 11.6 Å². The third kappa shape index (κ3) is 8.59. The highest BCUT2D eigenvalue weighted by atomic mass is 35.5. The molecular formula is C26H30ClF4N3O7.